The number of carbonyl (C=O) groups is 1. The molecule has 0 unspecified atom stereocenters. The average Bonchev–Trinajstić information content (AvgIpc) is 2.41. The second-order valence-electron chi connectivity index (χ2n) is 4.91. The Kier molecular flexibility index (Phi) is 5.79. The van der Waals surface area contributed by atoms with Crippen LogP contribution in [0.3, 0.4) is 0 Å². The molecular formula is C16H21N3O. The van der Waals surface area contributed by atoms with Crippen molar-refractivity contribution in [1.82, 2.24) is 5.32 Å². The number of benzene rings is 1. The van der Waals surface area contributed by atoms with Gasteiger partial charge in [-0.25, -0.2) is 0 Å². The highest BCUT2D eigenvalue weighted by Gasteiger charge is 2.12. The fourth-order valence-corrected chi connectivity index (χ4v) is 1.78. The molecule has 0 bridgehead atoms. The van der Waals surface area contributed by atoms with E-state index in [9.17, 15) is 4.79 Å². The summed E-state index contributed by atoms with van der Waals surface area (Å²) >= 11 is 0. The van der Waals surface area contributed by atoms with Crippen molar-refractivity contribution in [2.24, 2.45) is 0 Å². The molecule has 20 heavy (non-hydrogen) atoms. The van der Waals surface area contributed by atoms with Gasteiger partial charge in [0.1, 0.15) is 11.6 Å². The number of anilines is 1. The highest BCUT2D eigenvalue weighted by atomic mass is 16.1. The van der Waals surface area contributed by atoms with Gasteiger partial charge in [0.15, 0.2) is 0 Å². The Morgan fingerprint density at radius 2 is 2.15 bits per heavy atom. The van der Waals surface area contributed by atoms with E-state index in [1.54, 1.807) is 0 Å². The summed E-state index contributed by atoms with van der Waals surface area (Å²) in [4.78, 5) is 12.1. The summed E-state index contributed by atoms with van der Waals surface area (Å²) in [6, 6.07) is 7.98. The number of amides is 1. The lowest BCUT2D eigenvalue weighted by atomic mass is 10.1. The van der Waals surface area contributed by atoms with Crippen LogP contribution in [0.5, 0.6) is 0 Å². The second kappa shape index (κ2) is 7.34. The number of para-hydroxylation sites is 1. The highest BCUT2D eigenvalue weighted by molar-refractivity contribution is 6.07. The molecule has 0 fully saturated rings. The van der Waals surface area contributed by atoms with Crippen LogP contribution < -0.4 is 10.6 Å². The topological polar surface area (TPSA) is 64.9 Å². The Morgan fingerprint density at radius 1 is 1.45 bits per heavy atom. The van der Waals surface area contributed by atoms with Crippen LogP contribution >= 0.6 is 0 Å². The van der Waals surface area contributed by atoms with Gasteiger partial charge in [0, 0.05) is 17.9 Å². The summed E-state index contributed by atoms with van der Waals surface area (Å²) in [5.41, 5.74) is 2.92. The van der Waals surface area contributed by atoms with Gasteiger partial charge in [0.25, 0.3) is 5.91 Å². The Balaban J connectivity index is 2.96. The van der Waals surface area contributed by atoms with Crippen LogP contribution in [0.15, 0.2) is 30.0 Å². The third-order valence-electron chi connectivity index (χ3n) is 2.90. The molecule has 0 aliphatic heterocycles. The number of nitrogens with one attached hydrogen (secondary N) is 2. The van der Waals surface area contributed by atoms with E-state index in [1.165, 1.54) is 6.20 Å². The summed E-state index contributed by atoms with van der Waals surface area (Å²) in [6.07, 6.45) is 2.29. The van der Waals surface area contributed by atoms with Gasteiger partial charge in [-0.05, 0) is 38.3 Å². The zero-order valence-electron chi connectivity index (χ0n) is 12.4. The smallest absolute Gasteiger partial charge is 0.267 e. The molecule has 0 atom stereocenters. The van der Waals surface area contributed by atoms with Crippen molar-refractivity contribution in [2.75, 3.05) is 5.32 Å². The Labute approximate surface area is 120 Å². The summed E-state index contributed by atoms with van der Waals surface area (Å²) in [5, 5.41) is 14.9. The van der Waals surface area contributed by atoms with Gasteiger partial charge >= 0.3 is 0 Å². The van der Waals surface area contributed by atoms with E-state index in [4.69, 9.17) is 5.26 Å². The molecule has 0 aliphatic carbocycles. The summed E-state index contributed by atoms with van der Waals surface area (Å²) < 4.78 is 0. The van der Waals surface area contributed by atoms with Crippen molar-refractivity contribution in [3.8, 4) is 6.07 Å². The predicted octanol–water partition coefficient (Wildman–Crippen LogP) is 2.90. The number of hydrogen-bond donors (Lipinski definition) is 2. The van der Waals surface area contributed by atoms with Gasteiger partial charge < -0.3 is 10.6 Å². The molecule has 1 aromatic rings. The van der Waals surface area contributed by atoms with Crippen LogP contribution in [0.2, 0.25) is 0 Å². The van der Waals surface area contributed by atoms with E-state index in [2.05, 4.69) is 10.6 Å². The third-order valence-corrected chi connectivity index (χ3v) is 2.90. The maximum atomic E-state index is 12.1. The van der Waals surface area contributed by atoms with Crippen molar-refractivity contribution in [3.63, 3.8) is 0 Å². The molecule has 0 radical (unpaired) electrons. The molecule has 1 rings (SSSR count). The largest absolute Gasteiger partial charge is 0.387 e. The minimum Gasteiger partial charge on any atom is -0.387 e. The maximum Gasteiger partial charge on any atom is 0.267 e. The van der Waals surface area contributed by atoms with Gasteiger partial charge in [-0.1, -0.05) is 25.1 Å². The maximum absolute atomic E-state index is 12.1. The van der Waals surface area contributed by atoms with E-state index in [-0.39, 0.29) is 17.5 Å². The van der Waals surface area contributed by atoms with Crippen LogP contribution in [0.4, 0.5) is 5.69 Å². The number of aryl methyl sites for hydroxylation is 2. The van der Waals surface area contributed by atoms with Crippen LogP contribution in [-0.2, 0) is 11.2 Å². The lowest BCUT2D eigenvalue weighted by Crippen LogP contribution is -2.21. The van der Waals surface area contributed by atoms with Crippen LogP contribution in [0.25, 0.3) is 0 Å². The van der Waals surface area contributed by atoms with Crippen LogP contribution in [-0.4, -0.2) is 11.9 Å². The molecule has 1 aromatic carbocycles. The first-order valence-corrected chi connectivity index (χ1v) is 6.75. The fourth-order valence-electron chi connectivity index (χ4n) is 1.78. The number of hydrogen-bond acceptors (Lipinski definition) is 3. The van der Waals surface area contributed by atoms with E-state index < -0.39 is 0 Å². The summed E-state index contributed by atoms with van der Waals surface area (Å²) in [6.45, 7) is 7.86. The minimum atomic E-state index is -0.385. The zero-order valence-corrected chi connectivity index (χ0v) is 12.4. The predicted molar refractivity (Wildman–Crippen MR) is 81.2 cm³/mol. The minimum absolute atomic E-state index is 0.0732. The quantitative estimate of drug-likeness (QED) is 0.639. The van der Waals surface area contributed by atoms with Crippen LogP contribution in [0, 0.1) is 18.3 Å². The van der Waals surface area contributed by atoms with Crippen molar-refractivity contribution in [2.45, 2.75) is 40.2 Å². The first-order valence-electron chi connectivity index (χ1n) is 6.75. The molecule has 4 nitrogen and oxygen atoms in total. The first-order chi connectivity index (χ1) is 9.49. The van der Waals surface area contributed by atoms with E-state index >= 15 is 0 Å². The molecule has 106 valence electrons. The SMILES string of the molecule is CCc1cccc(C)c1NC(=O)/C(C#N)=C\NC(C)C. The normalized spacial score (nSPS) is 11.1. The first kappa shape index (κ1) is 15.8. The molecule has 1 amide bonds. The number of nitrogens with zero attached hydrogens (tertiary/aromatic N) is 1. The zero-order chi connectivity index (χ0) is 15.1. The van der Waals surface area contributed by atoms with Crippen LogP contribution in [0.1, 0.15) is 31.9 Å². The number of carbonyl (C=O) groups excluding carboxylic acids is 1. The Hall–Kier alpha value is -2.28. The molecule has 0 spiro atoms. The number of rotatable bonds is 5. The molecular weight excluding hydrogens is 250 g/mol. The monoisotopic (exact) mass is 271 g/mol. The lowest BCUT2D eigenvalue weighted by molar-refractivity contribution is -0.112. The van der Waals surface area contributed by atoms with Crippen molar-refractivity contribution >= 4 is 11.6 Å². The second-order valence-corrected chi connectivity index (χ2v) is 4.91. The van der Waals surface area contributed by atoms with E-state index in [0.717, 1.165) is 23.2 Å². The van der Waals surface area contributed by atoms with E-state index in [1.807, 2.05) is 52.0 Å². The molecule has 0 heterocycles. The number of nitriles is 1. The standard InChI is InChI=1S/C16H21N3O/c1-5-13-8-6-7-12(4)15(13)19-16(20)14(9-17)10-18-11(2)3/h6-8,10-11,18H,5H2,1-4H3,(H,19,20)/b14-10-. The van der Waals surface area contributed by atoms with Gasteiger partial charge in [0.05, 0.1) is 0 Å². The average molecular weight is 271 g/mol. The van der Waals surface area contributed by atoms with Gasteiger partial charge in [-0.3, -0.25) is 4.79 Å². The molecule has 4 heteroatoms. The summed E-state index contributed by atoms with van der Waals surface area (Å²) in [7, 11) is 0. The van der Waals surface area contributed by atoms with Crippen molar-refractivity contribution in [3.05, 3.63) is 41.1 Å². The lowest BCUT2D eigenvalue weighted by Gasteiger charge is -2.13. The molecule has 2 N–H and O–H groups in total. The van der Waals surface area contributed by atoms with E-state index in [0.29, 0.717) is 0 Å². The molecule has 0 aromatic heterocycles. The van der Waals surface area contributed by atoms with Gasteiger partial charge in [0.2, 0.25) is 0 Å². The van der Waals surface area contributed by atoms with Crippen molar-refractivity contribution in [1.29, 1.82) is 5.26 Å². The Morgan fingerprint density at radius 3 is 2.70 bits per heavy atom. The highest BCUT2D eigenvalue weighted by Crippen LogP contribution is 2.21. The molecule has 0 saturated heterocycles. The van der Waals surface area contributed by atoms with Gasteiger partial charge in [-0.15, -0.1) is 0 Å². The molecule has 0 saturated carbocycles. The summed E-state index contributed by atoms with van der Waals surface area (Å²) in [5.74, 6) is -0.385. The fraction of sp³-hybridized carbons (Fsp3) is 0.375. The third kappa shape index (κ3) is 4.13. The Bertz CT molecular complexity index is 553. The van der Waals surface area contributed by atoms with Crippen molar-refractivity contribution < 1.29 is 4.79 Å². The molecule has 0 aliphatic rings. The van der Waals surface area contributed by atoms with Gasteiger partial charge in [-0.2, -0.15) is 5.26 Å².